The summed E-state index contributed by atoms with van der Waals surface area (Å²) < 4.78 is 49.9. The molecule has 0 unspecified atom stereocenters. The summed E-state index contributed by atoms with van der Waals surface area (Å²) in [6.07, 6.45) is -2.95. The quantitative estimate of drug-likeness (QED) is 0.866. The average Bonchev–Trinajstić information content (AvgIpc) is 2.44. The summed E-state index contributed by atoms with van der Waals surface area (Å²) in [5, 5.41) is 2.71. The van der Waals surface area contributed by atoms with Gasteiger partial charge in [-0.05, 0) is 50.0 Å². The van der Waals surface area contributed by atoms with Gasteiger partial charge in [0.1, 0.15) is 5.82 Å². The topological polar surface area (TPSA) is 32.3 Å². The number of hydrogen-bond donors (Lipinski definition) is 1. The van der Waals surface area contributed by atoms with E-state index in [-0.39, 0.29) is 17.4 Å². The summed E-state index contributed by atoms with van der Waals surface area (Å²) in [6, 6.07) is 5.39. The summed E-state index contributed by atoms with van der Waals surface area (Å²) >= 11 is 0. The van der Waals surface area contributed by atoms with Gasteiger partial charge in [-0.3, -0.25) is 9.69 Å². The highest BCUT2D eigenvalue weighted by atomic mass is 19.4. The first-order valence-electron chi connectivity index (χ1n) is 7.16. The average molecular weight is 318 g/mol. The van der Waals surface area contributed by atoms with Gasteiger partial charge >= 0.3 is 6.18 Å². The lowest BCUT2D eigenvalue weighted by Crippen LogP contribution is -2.42. The molecule has 2 rings (SSSR count). The maximum Gasteiger partial charge on any atom is 0.401 e. The lowest BCUT2D eigenvalue weighted by atomic mass is 9.96. The number of rotatable bonds is 4. The molecule has 0 spiro atoms. The van der Waals surface area contributed by atoms with Crippen molar-refractivity contribution in [1.82, 2.24) is 10.2 Å². The molecule has 7 heteroatoms. The molecule has 3 nitrogen and oxygen atoms in total. The summed E-state index contributed by atoms with van der Waals surface area (Å²) in [7, 11) is 0. The SMILES string of the molecule is O=C(NCC1CCN(CC(F)(F)F)CC1)c1cccc(F)c1. The van der Waals surface area contributed by atoms with E-state index < -0.39 is 18.5 Å². The predicted molar refractivity (Wildman–Crippen MR) is 74.0 cm³/mol. The first-order valence-corrected chi connectivity index (χ1v) is 7.16. The van der Waals surface area contributed by atoms with Gasteiger partial charge < -0.3 is 5.32 Å². The summed E-state index contributed by atoms with van der Waals surface area (Å²) in [5.74, 6) is -0.688. The van der Waals surface area contributed by atoms with Crippen LogP contribution >= 0.6 is 0 Å². The van der Waals surface area contributed by atoms with E-state index in [0.717, 1.165) is 6.07 Å². The number of benzene rings is 1. The molecule has 0 aromatic heterocycles. The van der Waals surface area contributed by atoms with Gasteiger partial charge in [-0.15, -0.1) is 0 Å². The number of hydrogen-bond acceptors (Lipinski definition) is 2. The van der Waals surface area contributed by atoms with Crippen molar-refractivity contribution in [2.45, 2.75) is 19.0 Å². The van der Waals surface area contributed by atoms with Crippen molar-refractivity contribution in [2.75, 3.05) is 26.2 Å². The third-order valence-electron chi connectivity index (χ3n) is 3.75. The molecule has 1 aromatic carbocycles. The number of amides is 1. The van der Waals surface area contributed by atoms with Crippen LogP contribution in [-0.2, 0) is 0 Å². The van der Waals surface area contributed by atoms with Crippen LogP contribution < -0.4 is 5.32 Å². The monoisotopic (exact) mass is 318 g/mol. The summed E-state index contributed by atoms with van der Waals surface area (Å²) in [6.45, 7) is 0.268. The van der Waals surface area contributed by atoms with Crippen LogP contribution in [0, 0.1) is 11.7 Å². The minimum Gasteiger partial charge on any atom is -0.352 e. The van der Waals surface area contributed by atoms with Gasteiger partial charge in [0, 0.05) is 12.1 Å². The summed E-state index contributed by atoms with van der Waals surface area (Å²) in [4.78, 5) is 13.2. The lowest BCUT2D eigenvalue weighted by Gasteiger charge is -2.32. The van der Waals surface area contributed by atoms with Crippen LogP contribution in [0.4, 0.5) is 17.6 Å². The molecule has 1 fully saturated rings. The fourth-order valence-corrected chi connectivity index (χ4v) is 2.57. The molecule has 0 atom stereocenters. The van der Waals surface area contributed by atoms with Crippen molar-refractivity contribution < 1.29 is 22.4 Å². The molecule has 0 saturated carbocycles. The Hall–Kier alpha value is -1.63. The van der Waals surface area contributed by atoms with Crippen LogP contribution in [0.1, 0.15) is 23.2 Å². The van der Waals surface area contributed by atoms with Crippen molar-refractivity contribution in [3.05, 3.63) is 35.6 Å². The molecule has 1 amide bonds. The minimum atomic E-state index is -4.17. The fourth-order valence-electron chi connectivity index (χ4n) is 2.57. The molecule has 0 radical (unpaired) electrons. The van der Waals surface area contributed by atoms with E-state index in [0.29, 0.717) is 32.5 Å². The second-order valence-electron chi connectivity index (χ2n) is 5.56. The second kappa shape index (κ2) is 7.09. The number of nitrogens with one attached hydrogen (secondary N) is 1. The second-order valence-corrected chi connectivity index (χ2v) is 5.56. The molecule has 1 saturated heterocycles. The Morgan fingerprint density at radius 1 is 1.27 bits per heavy atom. The lowest BCUT2D eigenvalue weighted by molar-refractivity contribution is -0.148. The van der Waals surface area contributed by atoms with Crippen LogP contribution in [-0.4, -0.2) is 43.2 Å². The van der Waals surface area contributed by atoms with Gasteiger partial charge in [0.15, 0.2) is 0 Å². The number of halogens is 4. The molecule has 1 aliphatic rings. The van der Waals surface area contributed by atoms with E-state index in [2.05, 4.69) is 5.32 Å². The van der Waals surface area contributed by atoms with Crippen LogP contribution in [0.5, 0.6) is 0 Å². The number of carbonyl (C=O) groups excluding carboxylic acids is 1. The number of likely N-dealkylation sites (tertiary alicyclic amines) is 1. The third-order valence-corrected chi connectivity index (χ3v) is 3.75. The highest BCUT2D eigenvalue weighted by Crippen LogP contribution is 2.22. The zero-order valence-electron chi connectivity index (χ0n) is 12.0. The normalized spacial score (nSPS) is 17.5. The Labute approximate surface area is 126 Å². The largest absolute Gasteiger partial charge is 0.401 e. The molecule has 0 bridgehead atoms. The van der Waals surface area contributed by atoms with Gasteiger partial charge in [-0.25, -0.2) is 4.39 Å². The Balaban J connectivity index is 1.74. The van der Waals surface area contributed by atoms with E-state index in [1.54, 1.807) is 0 Å². The van der Waals surface area contributed by atoms with E-state index >= 15 is 0 Å². The van der Waals surface area contributed by atoms with Crippen LogP contribution in [0.15, 0.2) is 24.3 Å². The molecule has 22 heavy (non-hydrogen) atoms. The predicted octanol–water partition coefficient (Wildman–Crippen LogP) is 2.83. The van der Waals surface area contributed by atoms with E-state index in [1.807, 2.05) is 0 Å². The highest BCUT2D eigenvalue weighted by Gasteiger charge is 2.32. The molecule has 122 valence electrons. The number of alkyl halides is 3. The fraction of sp³-hybridized carbons (Fsp3) is 0.533. The smallest absolute Gasteiger partial charge is 0.352 e. The van der Waals surface area contributed by atoms with Gasteiger partial charge in [0.25, 0.3) is 5.91 Å². The Kier molecular flexibility index (Phi) is 5.39. The molecule has 0 aliphatic carbocycles. The standard InChI is InChI=1S/C15H18F4N2O/c16-13-3-1-2-12(8-13)14(22)20-9-11-4-6-21(7-5-11)10-15(17,18)19/h1-3,8,11H,4-7,9-10H2,(H,20,22). The number of nitrogens with zero attached hydrogens (tertiary/aromatic N) is 1. The van der Waals surface area contributed by atoms with Crippen molar-refractivity contribution in [2.24, 2.45) is 5.92 Å². The van der Waals surface area contributed by atoms with Gasteiger partial charge in [-0.1, -0.05) is 6.07 Å². The maximum atomic E-state index is 13.0. The molecular formula is C15H18F4N2O. The Morgan fingerprint density at radius 2 is 1.95 bits per heavy atom. The van der Waals surface area contributed by atoms with Gasteiger partial charge in [0.2, 0.25) is 0 Å². The first kappa shape index (κ1) is 16.7. The summed E-state index contributed by atoms with van der Waals surface area (Å²) in [5.41, 5.74) is 0.245. The van der Waals surface area contributed by atoms with E-state index in [4.69, 9.17) is 0 Å². The Morgan fingerprint density at radius 3 is 2.55 bits per heavy atom. The highest BCUT2D eigenvalue weighted by molar-refractivity contribution is 5.94. The maximum absolute atomic E-state index is 13.0. The van der Waals surface area contributed by atoms with Crippen LogP contribution in [0.25, 0.3) is 0 Å². The van der Waals surface area contributed by atoms with E-state index in [9.17, 15) is 22.4 Å². The van der Waals surface area contributed by atoms with Crippen molar-refractivity contribution >= 4 is 5.91 Å². The van der Waals surface area contributed by atoms with Gasteiger partial charge in [-0.2, -0.15) is 13.2 Å². The number of piperidine rings is 1. The minimum absolute atomic E-state index is 0.155. The van der Waals surface area contributed by atoms with Gasteiger partial charge in [0.05, 0.1) is 6.54 Å². The molecular weight excluding hydrogens is 300 g/mol. The molecule has 1 aromatic rings. The molecule has 1 aliphatic heterocycles. The van der Waals surface area contributed by atoms with Crippen LogP contribution in [0.3, 0.4) is 0 Å². The van der Waals surface area contributed by atoms with Crippen molar-refractivity contribution in [1.29, 1.82) is 0 Å². The zero-order valence-corrected chi connectivity index (χ0v) is 12.0. The first-order chi connectivity index (χ1) is 10.3. The molecule has 1 N–H and O–H groups in total. The Bertz CT molecular complexity index is 511. The zero-order chi connectivity index (χ0) is 16.2. The number of carbonyl (C=O) groups is 1. The van der Waals surface area contributed by atoms with Crippen LogP contribution in [0.2, 0.25) is 0 Å². The molecule has 1 heterocycles. The van der Waals surface area contributed by atoms with E-state index in [1.165, 1.54) is 23.1 Å². The third kappa shape index (κ3) is 5.29. The van der Waals surface area contributed by atoms with Crippen molar-refractivity contribution in [3.63, 3.8) is 0 Å². The van der Waals surface area contributed by atoms with Crippen molar-refractivity contribution in [3.8, 4) is 0 Å².